The molecule has 9 heteroatoms. The molecule has 0 spiro atoms. The SMILES string of the molecule is CC(C)=CCN1CCc2nc(C(=O)N3CCOC(C(F)(F)F)C3)cn2CC1. The average molecular weight is 386 g/mol. The van der Waals surface area contributed by atoms with Gasteiger partial charge in [0, 0.05) is 45.3 Å². The highest BCUT2D eigenvalue weighted by Crippen LogP contribution is 2.26. The molecule has 2 aliphatic heterocycles. The average Bonchev–Trinajstić information content (AvgIpc) is 2.93. The molecule has 3 rings (SSSR count). The molecule has 0 bridgehead atoms. The van der Waals surface area contributed by atoms with Gasteiger partial charge in [-0.05, 0) is 13.8 Å². The number of alkyl halides is 3. The lowest BCUT2D eigenvalue weighted by Gasteiger charge is -2.33. The van der Waals surface area contributed by atoms with Crippen molar-refractivity contribution >= 4 is 5.91 Å². The zero-order valence-corrected chi connectivity index (χ0v) is 15.6. The van der Waals surface area contributed by atoms with Crippen molar-refractivity contribution in [1.82, 2.24) is 19.4 Å². The molecule has 2 aliphatic rings. The number of ether oxygens (including phenoxy) is 1. The molecule has 1 atom stereocenters. The Morgan fingerprint density at radius 2 is 2.07 bits per heavy atom. The Hall–Kier alpha value is -1.87. The molecule has 1 saturated heterocycles. The van der Waals surface area contributed by atoms with Gasteiger partial charge in [0.2, 0.25) is 0 Å². The lowest BCUT2D eigenvalue weighted by Crippen LogP contribution is -2.51. The molecule has 1 aromatic rings. The minimum Gasteiger partial charge on any atom is -0.365 e. The van der Waals surface area contributed by atoms with Crippen molar-refractivity contribution in [3.8, 4) is 0 Å². The number of rotatable bonds is 3. The van der Waals surface area contributed by atoms with Crippen LogP contribution in [0.2, 0.25) is 0 Å². The van der Waals surface area contributed by atoms with Crippen LogP contribution in [-0.2, 0) is 17.7 Å². The summed E-state index contributed by atoms with van der Waals surface area (Å²) >= 11 is 0. The van der Waals surface area contributed by atoms with Gasteiger partial charge in [-0.15, -0.1) is 0 Å². The first kappa shape index (κ1) is 19.9. The molecule has 1 aromatic heterocycles. The molecule has 0 saturated carbocycles. The highest BCUT2D eigenvalue weighted by molar-refractivity contribution is 5.92. The van der Waals surface area contributed by atoms with Gasteiger partial charge in [0.05, 0.1) is 13.2 Å². The highest BCUT2D eigenvalue weighted by atomic mass is 19.4. The van der Waals surface area contributed by atoms with Crippen LogP contribution in [0.25, 0.3) is 0 Å². The van der Waals surface area contributed by atoms with Crippen LogP contribution < -0.4 is 0 Å². The molecule has 0 radical (unpaired) electrons. The first-order valence-corrected chi connectivity index (χ1v) is 9.13. The van der Waals surface area contributed by atoms with E-state index in [1.54, 1.807) is 6.20 Å². The third-order valence-corrected chi connectivity index (χ3v) is 4.86. The second kappa shape index (κ2) is 8.02. The summed E-state index contributed by atoms with van der Waals surface area (Å²) in [5.41, 5.74) is 1.48. The van der Waals surface area contributed by atoms with Crippen LogP contribution in [0.5, 0.6) is 0 Å². The summed E-state index contributed by atoms with van der Waals surface area (Å²) in [5, 5.41) is 0. The maximum atomic E-state index is 12.9. The van der Waals surface area contributed by atoms with Gasteiger partial charge in [-0.2, -0.15) is 13.2 Å². The summed E-state index contributed by atoms with van der Waals surface area (Å²) in [6.07, 6.45) is -1.85. The number of carbonyl (C=O) groups excluding carboxylic acids is 1. The number of morpholine rings is 1. The Bertz CT molecular complexity index is 684. The van der Waals surface area contributed by atoms with Crippen LogP contribution >= 0.6 is 0 Å². The number of aromatic nitrogens is 2. The van der Waals surface area contributed by atoms with Gasteiger partial charge in [0.15, 0.2) is 6.10 Å². The van der Waals surface area contributed by atoms with Crippen LogP contribution in [-0.4, -0.2) is 76.9 Å². The van der Waals surface area contributed by atoms with E-state index in [0.29, 0.717) is 13.0 Å². The second-order valence-electron chi connectivity index (χ2n) is 7.22. The number of carbonyl (C=O) groups is 1. The van der Waals surface area contributed by atoms with Crippen molar-refractivity contribution in [2.45, 2.75) is 39.1 Å². The first-order chi connectivity index (χ1) is 12.7. The fourth-order valence-corrected chi connectivity index (χ4v) is 3.26. The molecule has 1 amide bonds. The topological polar surface area (TPSA) is 50.6 Å². The van der Waals surface area contributed by atoms with Crippen molar-refractivity contribution in [1.29, 1.82) is 0 Å². The molecule has 6 nitrogen and oxygen atoms in total. The maximum Gasteiger partial charge on any atom is 0.416 e. The van der Waals surface area contributed by atoms with E-state index in [-0.39, 0.29) is 18.8 Å². The Morgan fingerprint density at radius 3 is 2.78 bits per heavy atom. The van der Waals surface area contributed by atoms with E-state index in [0.717, 1.165) is 25.5 Å². The van der Waals surface area contributed by atoms with Crippen molar-refractivity contribution in [2.24, 2.45) is 0 Å². The molecule has 3 heterocycles. The number of halogens is 3. The van der Waals surface area contributed by atoms with Gasteiger partial charge < -0.3 is 14.2 Å². The van der Waals surface area contributed by atoms with Gasteiger partial charge in [-0.1, -0.05) is 11.6 Å². The Morgan fingerprint density at radius 1 is 1.30 bits per heavy atom. The number of imidazole rings is 1. The Labute approximate surface area is 156 Å². The second-order valence-corrected chi connectivity index (χ2v) is 7.22. The van der Waals surface area contributed by atoms with E-state index in [2.05, 4.69) is 29.8 Å². The van der Waals surface area contributed by atoms with E-state index < -0.39 is 24.7 Å². The summed E-state index contributed by atoms with van der Waals surface area (Å²) in [5.74, 6) is 0.341. The van der Waals surface area contributed by atoms with E-state index in [4.69, 9.17) is 4.74 Å². The predicted molar refractivity (Wildman–Crippen MR) is 93.5 cm³/mol. The largest absolute Gasteiger partial charge is 0.416 e. The minimum atomic E-state index is -4.47. The lowest BCUT2D eigenvalue weighted by molar-refractivity contribution is -0.233. The lowest BCUT2D eigenvalue weighted by atomic mass is 10.2. The molecule has 150 valence electrons. The zero-order valence-electron chi connectivity index (χ0n) is 15.6. The molecule has 1 unspecified atom stereocenters. The Kier molecular flexibility index (Phi) is 5.90. The van der Waals surface area contributed by atoms with Gasteiger partial charge in [0.1, 0.15) is 11.5 Å². The summed E-state index contributed by atoms with van der Waals surface area (Å²) in [6, 6.07) is 0. The van der Waals surface area contributed by atoms with Crippen LogP contribution in [0.4, 0.5) is 13.2 Å². The molecule has 0 aromatic carbocycles. The summed E-state index contributed by atoms with van der Waals surface area (Å²) in [6.45, 7) is 6.93. The van der Waals surface area contributed by atoms with E-state index in [9.17, 15) is 18.0 Å². The minimum absolute atomic E-state index is 0.122. The number of amides is 1. The van der Waals surface area contributed by atoms with Crippen molar-refractivity contribution in [3.05, 3.63) is 29.4 Å². The number of hydrogen-bond acceptors (Lipinski definition) is 4. The van der Waals surface area contributed by atoms with E-state index in [1.807, 2.05) is 4.57 Å². The maximum absolute atomic E-state index is 12.9. The summed E-state index contributed by atoms with van der Waals surface area (Å²) < 4.78 is 45.3. The zero-order chi connectivity index (χ0) is 19.6. The fourth-order valence-electron chi connectivity index (χ4n) is 3.26. The van der Waals surface area contributed by atoms with Gasteiger partial charge in [0.25, 0.3) is 5.91 Å². The van der Waals surface area contributed by atoms with E-state index in [1.165, 1.54) is 10.5 Å². The highest BCUT2D eigenvalue weighted by Gasteiger charge is 2.44. The van der Waals surface area contributed by atoms with Gasteiger partial charge >= 0.3 is 6.18 Å². The Balaban J connectivity index is 1.64. The number of hydrogen-bond donors (Lipinski definition) is 0. The molecule has 1 fully saturated rings. The van der Waals surface area contributed by atoms with Crippen molar-refractivity contribution in [3.63, 3.8) is 0 Å². The van der Waals surface area contributed by atoms with E-state index >= 15 is 0 Å². The van der Waals surface area contributed by atoms with Crippen molar-refractivity contribution < 1.29 is 22.7 Å². The number of allylic oxidation sites excluding steroid dienone is 1. The fraction of sp³-hybridized carbons (Fsp3) is 0.667. The van der Waals surface area contributed by atoms with Gasteiger partial charge in [-0.3, -0.25) is 9.69 Å². The summed E-state index contributed by atoms with van der Waals surface area (Å²) in [7, 11) is 0. The molecular formula is C18H25F3N4O2. The van der Waals surface area contributed by atoms with Crippen molar-refractivity contribution in [2.75, 3.05) is 39.3 Å². The third-order valence-electron chi connectivity index (χ3n) is 4.86. The molecule has 0 aliphatic carbocycles. The van der Waals surface area contributed by atoms with Crippen LogP contribution in [0.15, 0.2) is 17.8 Å². The van der Waals surface area contributed by atoms with Crippen LogP contribution in [0.3, 0.4) is 0 Å². The number of fused-ring (bicyclic) bond motifs is 1. The molecular weight excluding hydrogens is 361 g/mol. The normalized spacial score (nSPS) is 21.5. The predicted octanol–water partition coefficient (Wildman–Crippen LogP) is 2.11. The quantitative estimate of drug-likeness (QED) is 0.747. The molecule has 0 N–H and O–H groups in total. The standard InChI is InChI=1S/C18H25F3N4O2/c1-13(2)3-5-23-6-4-16-22-14(11-24(16)8-7-23)17(26)25-9-10-27-15(12-25)18(19,20)21/h3,11,15H,4-10,12H2,1-2H3. The summed E-state index contributed by atoms with van der Waals surface area (Å²) in [4.78, 5) is 20.5. The van der Waals surface area contributed by atoms with Crippen LogP contribution in [0, 0.1) is 0 Å². The third kappa shape index (κ3) is 4.90. The monoisotopic (exact) mass is 386 g/mol. The smallest absolute Gasteiger partial charge is 0.365 e. The molecule has 27 heavy (non-hydrogen) atoms. The van der Waals surface area contributed by atoms with Gasteiger partial charge in [-0.25, -0.2) is 4.98 Å². The first-order valence-electron chi connectivity index (χ1n) is 9.13. The number of nitrogens with zero attached hydrogens (tertiary/aromatic N) is 4. The van der Waals surface area contributed by atoms with Crippen LogP contribution in [0.1, 0.15) is 30.2 Å².